The molecular weight excluding hydrogens is 258 g/mol. The lowest BCUT2D eigenvalue weighted by Crippen LogP contribution is -2.28. The minimum atomic E-state index is -0.920. The quantitative estimate of drug-likeness (QED) is 0.847. The number of carboxylic acids is 1. The summed E-state index contributed by atoms with van der Waals surface area (Å²) in [7, 11) is 1.57. The van der Waals surface area contributed by atoms with Gasteiger partial charge in [-0.25, -0.2) is 0 Å². The number of aliphatic carboxylic acids is 1. The van der Waals surface area contributed by atoms with Gasteiger partial charge in [0.1, 0.15) is 17.6 Å². The molecule has 0 amide bonds. The molecule has 5 nitrogen and oxygen atoms in total. The Kier molecular flexibility index (Phi) is 4.42. The predicted octanol–water partition coefficient (Wildman–Crippen LogP) is 2.51. The summed E-state index contributed by atoms with van der Waals surface area (Å²) in [6, 6.07) is 8.04. The number of rotatable bonds is 6. The van der Waals surface area contributed by atoms with E-state index < -0.39 is 12.0 Å². The number of ether oxygens (including phenoxy) is 1. The first kappa shape index (κ1) is 14.1. The fraction of sp³-hybridized carbons (Fsp3) is 0.267. The van der Waals surface area contributed by atoms with E-state index in [1.165, 1.54) is 0 Å². The zero-order chi connectivity index (χ0) is 14.5. The maximum Gasteiger partial charge on any atom is 0.325 e. The van der Waals surface area contributed by atoms with E-state index in [1.807, 2.05) is 13.0 Å². The zero-order valence-electron chi connectivity index (χ0n) is 11.4. The Morgan fingerprint density at radius 2 is 2.05 bits per heavy atom. The summed E-state index contributed by atoms with van der Waals surface area (Å²) < 4.78 is 10.3. The minimum absolute atomic E-state index is 0.436. The molecule has 2 rings (SSSR count). The van der Waals surface area contributed by atoms with Crippen molar-refractivity contribution in [2.24, 2.45) is 0 Å². The second-order valence-corrected chi connectivity index (χ2v) is 4.43. The first-order valence-electron chi connectivity index (χ1n) is 6.25. The Labute approximate surface area is 117 Å². The van der Waals surface area contributed by atoms with E-state index in [-0.39, 0.29) is 0 Å². The van der Waals surface area contributed by atoms with Gasteiger partial charge in [0.25, 0.3) is 0 Å². The van der Waals surface area contributed by atoms with E-state index in [4.69, 9.17) is 9.15 Å². The third-order valence-electron chi connectivity index (χ3n) is 3.16. The maximum atomic E-state index is 11.4. The molecule has 0 radical (unpaired) electrons. The molecule has 1 aromatic heterocycles. The van der Waals surface area contributed by atoms with E-state index in [0.29, 0.717) is 17.9 Å². The summed E-state index contributed by atoms with van der Waals surface area (Å²) in [5, 5.41) is 12.3. The molecule has 5 heteroatoms. The molecule has 0 saturated carbocycles. The van der Waals surface area contributed by atoms with Crippen LogP contribution in [0.3, 0.4) is 0 Å². The third kappa shape index (κ3) is 3.19. The van der Waals surface area contributed by atoms with Crippen LogP contribution in [0.4, 0.5) is 0 Å². The van der Waals surface area contributed by atoms with E-state index >= 15 is 0 Å². The molecule has 1 aromatic carbocycles. The van der Waals surface area contributed by atoms with Crippen LogP contribution >= 0.6 is 0 Å². The third-order valence-corrected chi connectivity index (χ3v) is 3.16. The van der Waals surface area contributed by atoms with Gasteiger partial charge in [0.2, 0.25) is 0 Å². The lowest BCUT2D eigenvalue weighted by molar-refractivity contribution is -0.139. The molecule has 0 aliphatic rings. The van der Waals surface area contributed by atoms with Crippen molar-refractivity contribution in [2.75, 3.05) is 7.11 Å². The van der Waals surface area contributed by atoms with E-state index in [1.54, 1.807) is 37.6 Å². The molecule has 0 fully saturated rings. The maximum absolute atomic E-state index is 11.4. The average molecular weight is 275 g/mol. The number of hydrogen-bond donors (Lipinski definition) is 2. The Balaban J connectivity index is 2.10. The van der Waals surface area contributed by atoms with Gasteiger partial charge in [0, 0.05) is 12.1 Å². The van der Waals surface area contributed by atoms with Crippen LogP contribution in [-0.2, 0) is 11.3 Å². The van der Waals surface area contributed by atoms with Crippen LogP contribution in [0.15, 0.2) is 41.0 Å². The van der Waals surface area contributed by atoms with E-state index in [0.717, 1.165) is 11.3 Å². The highest BCUT2D eigenvalue weighted by molar-refractivity contribution is 5.75. The summed E-state index contributed by atoms with van der Waals surface area (Å²) in [5.41, 5.74) is 1.63. The van der Waals surface area contributed by atoms with Crippen molar-refractivity contribution < 1.29 is 19.1 Å². The summed E-state index contributed by atoms with van der Waals surface area (Å²) in [5.74, 6) is 0.566. The van der Waals surface area contributed by atoms with Crippen molar-refractivity contribution in [2.45, 2.75) is 19.5 Å². The molecule has 0 spiro atoms. The van der Waals surface area contributed by atoms with Gasteiger partial charge in [0.15, 0.2) is 0 Å². The topological polar surface area (TPSA) is 71.7 Å². The second kappa shape index (κ2) is 6.25. The fourth-order valence-electron chi connectivity index (χ4n) is 1.95. The van der Waals surface area contributed by atoms with Gasteiger partial charge in [0.05, 0.1) is 13.4 Å². The highest BCUT2D eigenvalue weighted by Crippen LogP contribution is 2.19. The summed E-state index contributed by atoms with van der Waals surface area (Å²) in [4.78, 5) is 11.4. The minimum Gasteiger partial charge on any atom is -0.497 e. The van der Waals surface area contributed by atoms with Gasteiger partial charge < -0.3 is 14.3 Å². The van der Waals surface area contributed by atoms with Gasteiger partial charge in [-0.2, -0.15) is 0 Å². The lowest BCUT2D eigenvalue weighted by atomic mass is 10.1. The van der Waals surface area contributed by atoms with Crippen molar-refractivity contribution in [1.82, 2.24) is 5.32 Å². The van der Waals surface area contributed by atoms with Gasteiger partial charge in [-0.15, -0.1) is 0 Å². The first-order valence-corrected chi connectivity index (χ1v) is 6.25. The molecule has 20 heavy (non-hydrogen) atoms. The Bertz CT molecular complexity index is 574. The van der Waals surface area contributed by atoms with Crippen LogP contribution in [0.2, 0.25) is 0 Å². The molecular formula is C15H17NO4. The number of carbonyl (C=O) groups is 1. The van der Waals surface area contributed by atoms with Crippen molar-refractivity contribution in [3.63, 3.8) is 0 Å². The van der Waals surface area contributed by atoms with Gasteiger partial charge in [-0.1, -0.05) is 12.1 Å². The normalized spacial score (nSPS) is 12.1. The molecule has 1 unspecified atom stereocenters. The molecule has 1 heterocycles. The molecule has 0 aliphatic carbocycles. The number of methoxy groups -OCH3 is 1. The largest absolute Gasteiger partial charge is 0.497 e. The first-order chi connectivity index (χ1) is 9.61. The average Bonchev–Trinajstić information content (AvgIpc) is 2.85. The number of furan rings is 1. The van der Waals surface area contributed by atoms with Crippen molar-refractivity contribution in [1.29, 1.82) is 0 Å². The van der Waals surface area contributed by atoms with Crippen LogP contribution in [0.1, 0.15) is 22.9 Å². The monoisotopic (exact) mass is 275 g/mol. The van der Waals surface area contributed by atoms with Crippen molar-refractivity contribution in [3.05, 3.63) is 53.5 Å². The Hall–Kier alpha value is -2.27. The number of aryl methyl sites for hydroxylation is 1. The Morgan fingerprint density at radius 1 is 1.35 bits per heavy atom. The molecule has 0 saturated heterocycles. The lowest BCUT2D eigenvalue weighted by Gasteiger charge is -2.15. The molecule has 1 atom stereocenters. The zero-order valence-corrected chi connectivity index (χ0v) is 11.4. The molecule has 2 N–H and O–H groups in total. The summed E-state index contributed by atoms with van der Waals surface area (Å²) in [6.07, 6.45) is 1.59. The van der Waals surface area contributed by atoms with E-state index in [9.17, 15) is 9.90 Å². The highest BCUT2D eigenvalue weighted by Gasteiger charge is 2.19. The standard InChI is InChI=1S/C15H17NO4/c1-10-12(7-8-20-10)9-16-14(15(17)18)11-3-5-13(19-2)6-4-11/h3-8,14,16H,9H2,1-2H3,(H,17,18). The number of hydrogen-bond acceptors (Lipinski definition) is 4. The van der Waals surface area contributed by atoms with Gasteiger partial charge in [-0.3, -0.25) is 10.1 Å². The molecule has 106 valence electrons. The number of carboxylic acid groups (broad SMARTS) is 1. The predicted molar refractivity (Wildman–Crippen MR) is 73.7 cm³/mol. The summed E-state index contributed by atoms with van der Waals surface area (Å²) in [6.45, 7) is 2.28. The smallest absolute Gasteiger partial charge is 0.325 e. The van der Waals surface area contributed by atoms with Crippen LogP contribution in [0.25, 0.3) is 0 Å². The van der Waals surface area contributed by atoms with Crippen LogP contribution in [0.5, 0.6) is 5.75 Å². The number of nitrogens with one attached hydrogen (secondary N) is 1. The second-order valence-electron chi connectivity index (χ2n) is 4.43. The van der Waals surface area contributed by atoms with Crippen molar-refractivity contribution in [3.8, 4) is 5.75 Å². The van der Waals surface area contributed by atoms with Gasteiger partial charge in [-0.05, 0) is 30.7 Å². The SMILES string of the molecule is COc1ccc(C(NCc2ccoc2C)C(=O)O)cc1. The fourth-order valence-corrected chi connectivity index (χ4v) is 1.95. The van der Waals surface area contributed by atoms with Crippen molar-refractivity contribution >= 4 is 5.97 Å². The summed E-state index contributed by atoms with van der Waals surface area (Å²) >= 11 is 0. The van der Waals surface area contributed by atoms with Crippen LogP contribution in [-0.4, -0.2) is 18.2 Å². The van der Waals surface area contributed by atoms with Crippen LogP contribution < -0.4 is 10.1 Å². The van der Waals surface area contributed by atoms with E-state index in [2.05, 4.69) is 5.32 Å². The Morgan fingerprint density at radius 3 is 2.55 bits per heavy atom. The molecule has 2 aromatic rings. The number of benzene rings is 1. The van der Waals surface area contributed by atoms with Crippen LogP contribution in [0, 0.1) is 6.92 Å². The molecule has 0 aliphatic heterocycles. The molecule has 0 bridgehead atoms. The van der Waals surface area contributed by atoms with Gasteiger partial charge >= 0.3 is 5.97 Å². The highest BCUT2D eigenvalue weighted by atomic mass is 16.5.